The molecular weight excluding hydrogens is 144 g/mol. The van der Waals surface area contributed by atoms with Crippen molar-refractivity contribution in [2.24, 2.45) is 28.1 Å². The maximum Gasteiger partial charge on any atom is -0.0153 e. The maximum atomic E-state index is 2.55. The zero-order chi connectivity index (χ0) is 8.78. The quantitative estimate of drug-likeness (QED) is 0.514. The Labute approximate surface area is 75.7 Å². The van der Waals surface area contributed by atoms with Crippen molar-refractivity contribution in [2.45, 2.75) is 47.0 Å². The van der Waals surface area contributed by atoms with E-state index >= 15 is 0 Å². The van der Waals surface area contributed by atoms with Gasteiger partial charge < -0.3 is 0 Å². The summed E-state index contributed by atoms with van der Waals surface area (Å²) in [6.45, 7) is 10.0. The van der Waals surface area contributed by atoms with Crippen molar-refractivity contribution in [1.82, 2.24) is 0 Å². The van der Waals surface area contributed by atoms with Gasteiger partial charge in [0.1, 0.15) is 0 Å². The van der Waals surface area contributed by atoms with E-state index in [9.17, 15) is 0 Å². The summed E-state index contributed by atoms with van der Waals surface area (Å²) in [6, 6.07) is 0. The first kappa shape index (κ1) is 7.41. The Morgan fingerprint density at radius 2 is 1.75 bits per heavy atom. The maximum absolute atomic E-state index is 2.55. The van der Waals surface area contributed by atoms with E-state index in [0.717, 1.165) is 22.7 Å². The fourth-order valence-electron chi connectivity index (χ4n) is 5.18. The molecule has 0 amide bonds. The average Bonchev–Trinajstić information content (AvgIpc) is 2.41. The fourth-order valence-corrected chi connectivity index (χ4v) is 5.18. The van der Waals surface area contributed by atoms with Crippen LogP contribution >= 0.6 is 0 Å². The van der Waals surface area contributed by atoms with Gasteiger partial charge in [0.2, 0.25) is 0 Å². The minimum atomic E-state index is 0.701. The molecule has 3 unspecified atom stereocenters. The van der Waals surface area contributed by atoms with E-state index in [0.29, 0.717) is 5.41 Å². The molecule has 0 saturated heterocycles. The van der Waals surface area contributed by atoms with Crippen LogP contribution in [0.5, 0.6) is 0 Å². The molecule has 3 fully saturated rings. The smallest absolute Gasteiger partial charge is 0.0153 e. The number of hydrogen-bond donors (Lipinski definition) is 0. The molecule has 0 heterocycles. The van der Waals surface area contributed by atoms with Gasteiger partial charge in [0.15, 0.2) is 0 Å². The van der Waals surface area contributed by atoms with Crippen LogP contribution in [0.4, 0.5) is 0 Å². The van der Waals surface area contributed by atoms with Crippen molar-refractivity contribution in [3.63, 3.8) is 0 Å². The van der Waals surface area contributed by atoms with Crippen LogP contribution in [0.25, 0.3) is 0 Å². The topological polar surface area (TPSA) is 0 Å². The van der Waals surface area contributed by atoms with Crippen LogP contribution < -0.4 is 0 Å². The molecule has 0 nitrogen and oxygen atoms in total. The monoisotopic (exact) mass is 164 g/mol. The molecule has 4 atom stereocenters. The molecule has 0 bridgehead atoms. The zero-order valence-electron chi connectivity index (χ0n) is 8.78. The van der Waals surface area contributed by atoms with E-state index in [2.05, 4.69) is 27.7 Å². The van der Waals surface area contributed by atoms with Crippen molar-refractivity contribution in [1.29, 1.82) is 0 Å². The van der Waals surface area contributed by atoms with E-state index in [-0.39, 0.29) is 0 Å². The van der Waals surface area contributed by atoms with Crippen molar-refractivity contribution in [3.8, 4) is 0 Å². The van der Waals surface area contributed by atoms with Crippen molar-refractivity contribution >= 4 is 0 Å². The van der Waals surface area contributed by atoms with E-state index in [4.69, 9.17) is 0 Å². The van der Waals surface area contributed by atoms with Gasteiger partial charge in [-0.15, -0.1) is 0 Å². The SMILES string of the molecule is C[C@@H]1CC2C(C)(C)C23CCC13C. The van der Waals surface area contributed by atoms with Gasteiger partial charge in [0.05, 0.1) is 0 Å². The predicted molar refractivity (Wildman–Crippen MR) is 50.8 cm³/mol. The molecule has 0 aliphatic heterocycles. The van der Waals surface area contributed by atoms with Gasteiger partial charge in [0, 0.05) is 0 Å². The standard InChI is InChI=1S/C12H20/c1-8-7-9-10(2,3)12(9)6-5-11(8,12)4/h8-9H,5-7H2,1-4H3/t8-,9?,11?,12?/m1/s1. The molecule has 0 aromatic carbocycles. The molecule has 0 N–H and O–H groups in total. The van der Waals surface area contributed by atoms with Crippen LogP contribution in [-0.4, -0.2) is 0 Å². The van der Waals surface area contributed by atoms with Crippen molar-refractivity contribution in [2.75, 3.05) is 0 Å². The highest BCUT2D eigenvalue weighted by molar-refractivity contribution is 5.33. The van der Waals surface area contributed by atoms with E-state index < -0.39 is 0 Å². The van der Waals surface area contributed by atoms with Gasteiger partial charge in [-0.25, -0.2) is 0 Å². The molecule has 3 saturated carbocycles. The molecule has 3 aliphatic carbocycles. The molecule has 3 aliphatic rings. The van der Waals surface area contributed by atoms with Gasteiger partial charge in [-0.05, 0) is 47.3 Å². The van der Waals surface area contributed by atoms with Crippen LogP contribution in [0.15, 0.2) is 0 Å². The van der Waals surface area contributed by atoms with Crippen LogP contribution in [0.2, 0.25) is 0 Å². The summed E-state index contributed by atoms with van der Waals surface area (Å²) in [7, 11) is 0. The Bertz CT molecular complexity index is 253. The summed E-state index contributed by atoms with van der Waals surface area (Å²) in [4.78, 5) is 0. The Hall–Kier alpha value is 0. The summed E-state index contributed by atoms with van der Waals surface area (Å²) in [5.41, 5.74) is 2.24. The number of hydrogen-bond acceptors (Lipinski definition) is 0. The molecule has 0 aromatic rings. The first-order valence-corrected chi connectivity index (χ1v) is 5.47. The van der Waals surface area contributed by atoms with Crippen LogP contribution in [0, 0.1) is 28.1 Å². The van der Waals surface area contributed by atoms with Crippen LogP contribution in [0.1, 0.15) is 47.0 Å². The second kappa shape index (κ2) is 1.51. The lowest BCUT2D eigenvalue weighted by Crippen LogP contribution is -2.44. The average molecular weight is 164 g/mol. The normalized spacial score (nSPS) is 65.0. The fraction of sp³-hybridized carbons (Fsp3) is 1.00. The minimum Gasteiger partial charge on any atom is -0.0620 e. The Balaban J connectivity index is 2.06. The summed E-state index contributed by atoms with van der Waals surface area (Å²) in [5, 5.41) is 0. The molecule has 68 valence electrons. The lowest BCUT2D eigenvalue weighted by atomic mass is 9.52. The largest absolute Gasteiger partial charge is 0.0620 e. The first-order valence-electron chi connectivity index (χ1n) is 5.47. The number of rotatable bonds is 0. The molecule has 0 radical (unpaired) electrons. The second-order valence-corrected chi connectivity index (χ2v) is 6.30. The van der Waals surface area contributed by atoms with E-state index in [1.54, 1.807) is 0 Å². The van der Waals surface area contributed by atoms with Gasteiger partial charge in [-0.3, -0.25) is 0 Å². The third kappa shape index (κ3) is 0.400. The van der Waals surface area contributed by atoms with E-state index in [1.807, 2.05) is 0 Å². The summed E-state index contributed by atoms with van der Waals surface area (Å²) in [6.07, 6.45) is 4.56. The van der Waals surface area contributed by atoms with Gasteiger partial charge in [0.25, 0.3) is 0 Å². The van der Waals surface area contributed by atoms with Gasteiger partial charge in [-0.2, -0.15) is 0 Å². The highest BCUT2D eigenvalue weighted by atomic mass is 14.9. The summed E-state index contributed by atoms with van der Waals surface area (Å²) < 4.78 is 0. The van der Waals surface area contributed by atoms with Crippen molar-refractivity contribution in [3.05, 3.63) is 0 Å². The summed E-state index contributed by atoms with van der Waals surface area (Å²) in [5.74, 6) is 2.09. The molecule has 1 spiro atoms. The summed E-state index contributed by atoms with van der Waals surface area (Å²) >= 11 is 0. The lowest BCUT2D eigenvalue weighted by molar-refractivity contribution is -0.0314. The highest BCUT2D eigenvalue weighted by Crippen LogP contribution is 2.91. The molecule has 0 heteroatoms. The third-order valence-electron chi connectivity index (χ3n) is 6.27. The molecule has 0 aromatic heterocycles. The molecule has 12 heavy (non-hydrogen) atoms. The Morgan fingerprint density at radius 1 is 1.08 bits per heavy atom. The molecular formula is C12H20. The lowest BCUT2D eigenvalue weighted by Gasteiger charge is -2.52. The third-order valence-corrected chi connectivity index (χ3v) is 6.27. The van der Waals surface area contributed by atoms with Crippen molar-refractivity contribution < 1.29 is 0 Å². The van der Waals surface area contributed by atoms with Crippen LogP contribution in [-0.2, 0) is 0 Å². The second-order valence-electron chi connectivity index (χ2n) is 6.30. The predicted octanol–water partition coefficient (Wildman–Crippen LogP) is 3.47. The van der Waals surface area contributed by atoms with Gasteiger partial charge >= 0.3 is 0 Å². The highest BCUT2D eigenvalue weighted by Gasteiger charge is 2.85. The van der Waals surface area contributed by atoms with E-state index in [1.165, 1.54) is 19.3 Å². The Kier molecular flexibility index (Phi) is 0.932. The molecule has 3 rings (SSSR count). The first-order chi connectivity index (χ1) is 5.47. The van der Waals surface area contributed by atoms with Gasteiger partial charge in [-0.1, -0.05) is 27.7 Å². The minimum absolute atomic E-state index is 0.701. The Morgan fingerprint density at radius 3 is 2.08 bits per heavy atom. The van der Waals surface area contributed by atoms with Crippen LogP contribution in [0.3, 0.4) is 0 Å². The zero-order valence-corrected chi connectivity index (χ0v) is 8.78.